The molecule has 0 aliphatic carbocycles. The van der Waals surface area contributed by atoms with Gasteiger partial charge in [-0.3, -0.25) is 0 Å². The molecular weight excluding hydrogens is 295 g/mol. The molecule has 0 radical (unpaired) electrons. The van der Waals surface area contributed by atoms with Crippen molar-refractivity contribution < 1.29 is 4.39 Å². The van der Waals surface area contributed by atoms with Gasteiger partial charge in [-0.25, -0.2) is 4.39 Å². The summed E-state index contributed by atoms with van der Waals surface area (Å²) < 4.78 is 14.3. The summed E-state index contributed by atoms with van der Waals surface area (Å²) in [5.74, 6) is -0.147. The molecule has 0 spiro atoms. The molecule has 0 bridgehead atoms. The second-order valence-electron chi connectivity index (χ2n) is 6.19. The largest absolute Gasteiger partial charge is 0.206 e. The van der Waals surface area contributed by atoms with Gasteiger partial charge in [0.25, 0.3) is 0 Å². The van der Waals surface area contributed by atoms with Gasteiger partial charge in [0.1, 0.15) is 5.82 Å². The molecule has 0 heterocycles. The van der Waals surface area contributed by atoms with Crippen LogP contribution >= 0.6 is 0 Å². The topological polar surface area (TPSA) is 0 Å². The Balaban J connectivity index is 1.85. The highest BCUT2D eigenvalue weighted by atomic mass is 19.1. The fourth-order valence-corrected chi connectivity index (χ4v) is 3.01. The standard InChI is InChI=1S/C23H23F/c1-3-5-18-6-9-19(10-7-18)20-11-13-21(14-12-20)22-15-8-17(4-2)16-23(22)24/h6-16H,3-5H2,1-2H3. The number of rotatable bonds is 5. The number of aryl methyl sites for hydroxylation is 2. The van der Waals surface area contributed by atoms with Crippen LogP contribution in [0.5, 0.6) is 0 Å². The molecule has 0 saturated carbocycles. The van der Waals surface area contributed by atoms with Crippen molar-refractivity contribution in [3.8, 4) is 22.3 Å². The molecule has 0 amide bonds. The van der Waals surface area contributed by atoms with Crippen molar-refractivity contribution in [2.24, 2.45) is 0 Å². The van der Waals surface area contributed by atoms with E-state index in [0.717, 1.165) is 36.0 Å². The second kappa shape index (κ2) is 7.44. The lowest BCUT2D eigenvalue weighted by Gasteiger charge is -2.08. The highest BCUT2D eigenvalue weighted by Gasteiger charge is 2.06. The quantitative estimate of drug-likeness (QED) is 0.492. The van der Waals surface area contributed by atoms with Gasteiger partial charge in [0.2, 0.25) is 0 Å². The third kappa shape index (κ3) is 3.56. The van der Waals surface area contributed by atoms with Crippen molar-refractivity contribution in [1.29, 1.82) is 0 Å². The molecule has 0 unspecified atom stereocenters. The molecule has 1 heteroatoms. The molecule has 0 fully saturated rings. The third-order valence-electron chi connectivity index (χ3n) is 4.46. The molecule has 0 aliphatic rings. The van der Waals surface area contributed by atoms with Crippen molar-refractivity contribution in [1.82, 2.24) is 0 Å². The van der Waals surface area contributed by atoms with Crippen LogP contribution in [0.4, 0.5) is 4.39 Å². The van der Waals surface area contributed by atoms with Gasteiger partial charge >= 0.3 is 0 Å². The molecule has 3 aromatic carbocycles. The lowest BCUT2D eigenvalue weighted by molar-refractivity contribution is 0.629. The van der Waals surface area contributed by atoms with E-state index in [1.165, 1.54) is 11.1 Å². The minimum atomic E-state index is -0.147. The van der Waals surface area contributed by atoms with Crippen LogP contribution in [0.1, 0.15) is 31.4 Å². The van der Waals surface area contributed by atoms with Crippen LogP contribution in [-0.2, 0) is 12.8 Å². The summed E-state index contributed by atoms with van der Waals surface area (Å²) in [5, 5.41) is 0. The molecule has 0 saturated heterocycles. The Labute approximate surface area is 144 Å². The highest BCUT2D eigenvalue weighted by Crippen LogP contribution is 2.27. The number of halogens is 1. The van der Waals surface area contributed by atoms with E-state index in [4.69, 9.17) is 0 Å². The predicted octanol–water partition coefficient (Wildman–Crippen LogP) is 6.67. The predicted molar refractivity (Wildman–Crippen MR) is 101 cm³/mol. The van der Waals surface area contributed by atoms with Crippen LogP contribution in [0.15, 0.2) is 66.7 Å². The van der Waals surface area contributed by atoms with Gasteiger partial charge in [-0.2, -0.15) is 0 Å². The zero-order valence-electron chi connectivity index (χ0n) is 14.4. The summed E-state index contributed by atoms with van der Waals surface area (Å²) in [7, 11) is 0. The van der Waals surface area contributed by atoms with Crippen molar-refractivity contribution >= 4 is 0 Å². The maximum atomic E-state index is 14.3. The first kappa shape index (κ1) is 16.4. The fraction of sp³-hybridized carbons (Fsp3) is 0.217. The van der Waals surface area contributed by atoms with Crippen molar-refractivity contribution in [2.45, 2.75) is 33.1 Å². The zero-order chi connectivity index (χ0) is 16.9. The SMILES string of the molecule is CCCc1ccc(-c2ccc(-c3ccc(CC)cc3F)cc2)cc1. The molecule has 0 atom stereocenters. The average molecular weight is 318 g/mol. The number of hydrogen-bond acceptors (Lipinski definition) is 0. The lowest BCUT2D eigenvalue weighted by atomic mass is 9.98. The van der Waals surface area contributed by atoms with Crippen LogP contribution < -0.4 is 0 Å². The first-order chi connectivity index (χ1) is 11.7. The van der Waals surface area contributed by atoms with Crippen LogP contribution in [0, 0.1) is 5.82 Å². The van der Waals surface area contributed by atoms with Crippen LogP contribution in [-0.4, -0.2) is 0 Å². The maximum Gasteiger partial charge on any atom is 0.131 e. The van der Waals surface area contributed by atoms with E-state index in [1.54, 1.807) is 6.07 Å². The van der Waals surface area contributed by atoms with Gasteiger partial charge in [-0.05, 0) is 46.7 Å². The van der Waals surface area contributed by atoms with E-state index in [0.29, 0.717) is 5.56 Å². The van der Waals surface area contributed by atoms with Crippen LogP contribution in [0.25, 0.3) is 22.3 Å². The average Bonchev–Trinajstić information content (AvgIpc) is 2.63. The van der Waals surface area contributed by atoms with E-state index in [1.807, 2.05) is 31.2 Å². The van der Waals surface area contributed by atoms with Crippen LogP contribution in [0.3, 0.4) is 0 Å². The van der Waals surface area contributed by atoms with E-state index >= 15 is 0 Å². The van der Waals surface area contributed by atoms with Gasteiger partial charge in [0, 0.05) is 5.56 Å². The summed E-state index contributed by atoms with van der Waals surface area (Å²) in [4.78, 5) is 0. The Bertz CT molecular complexity index is 798. The first-order valence-corrected chi connectivity index (χ1v) is 8.69. The van der Waals surface area contributed by atoms with Crippen molar-refractivity contribution in [3.63, 3.8) is 0 Å². The molecule has 0 aliphatic heterocycles. The summed E-state index contributed by atoms with van der Waals surface area (Å²) >= 11 is 0. The third-order valence-corrected chi connectivity index (χ3v) is 4.46. The maximum absolute atomic E-state index is 14.3. The Hall–Kier alpha value is -2.41. The molecule has 24 heavy (non-hydrogen) atoms. The molecule has 0 nitrogen and oxygen atoms in total. The minimum absolute atomic E-state index is 0.147. The summed E-state index contributed by atoms with van der Waals surface area (Å²) in [6, 6.07) is 22.4. The monoisotopic (exact) mass is 318 g/mol. The second-order valence-corrected chi connectivity index (χ2v) is 6.19. The Morgan fingerprint density at radius 3 is 1.75 bits per heavy atom. The Morgan fingerprint density at radius 1 is 0.667 bits per heavy atom. The molecular formula is C23H23F. The first-order valence-electron chi connectivity index (χ1n) is 8.69. The van der Waals surface area contributed by atoms with E-state index < -0.39 is 0 Å². The van der Waals surface area contributed by atoms with E-state index in [-0.39, 0.29) is 5.82 Å². The summed E-state index contributed by atoms with van der Waals surface area (Å²) in [6.45, 7) is 4.23. The van der Waals surface area contributed by atoms with Crippen molar-refractivity contribution in [3.05, 3.63) is 83.7 Å². The van der Waals surface area contributed by atoms with E-state index in [9.17, 15) is 4.39 Å². The zero-order valence-corrected chi connectivity index (χ0v) is 14.4. The number of benzene rings is 3. The van der Waals surface area contributed by atoms with Crippen LogP contribution in [0.2, 0.25) is 0 Å². The molecule has 0 aromatic heterocycles. The summed E-state index contributed by atoms with van der Waals surface area (Å²) in [6.07, 6.45) is 3.13. The van der Waals surface area contributed by atoms with Gasteiger partial charge < -0.3 is 0 Å². The normalized spacial score (nSPS) is 10.8. The molecule has 3 rings (SSSR count). The van der Waals surface area contributed by atoms with Gasteiger partial charge in [0.15, 0.2) is 0 Å². The van der Waals surface area contributed by atoms with Gasteiger partial charge in [-0.1, -0.05) is 80.9 Å². The fourth-order valence-electron chi connectivity index (χ4n) is 3.01. The Kier molecular flexibility index (Phi) is 5.10. The van der Waals surface area contributed by atoms with Gasteiger partial charge in [-0.15, -0.1) is 0 Å². The van der Waals surface area contributed by atoms with Gasteiger partial charge in [0.05, 0.1) is 0 Å². The highest BCUT2D eigenvalue weighted by molar-refractivity contribution is 5.71. The smallest absolute Gasteiger partial charge is 0.131 e. The molecule has 0 N–H and O–H groups in total. The number of hydrogen-bond donors (Lipinski definition) is 0. The lowest BCUT2D eigenvalue weighted by Crippen LogP contribution is -1.88. The van der Waals surface area contributed by atoms with E-state index in [2.05, 4.69) is 43.3 Å². The van der Waals surface area contributed by atoms with Crippen molar-refractivity contribution in [2.75, 3.05) is 0 Å². The Morgan fingerprint density at radius 2 is 1.21 bits per heavy atom. The summed E-state index contributed by atoms with van der Waals surface area (Å²) in [5.41, 5.74) is 6.34. The molecule has 122 valence electrons. The molecule has 3 aromatic rings. The minimum Gasteiger partial charge on any atom is -0.206 e.